The zero-order valence-corrected chi connectivity index (χ0v) is 20.1. The van der Waals surface area contributed by atoms with Gasteiger partial charge in [-0.25, -0.2) is 18.9 Å². The van der Waals surface area contributed by atoms with Gasteiger partial charge >= 0.3 is 25.7 Å². The van der Waals surface area contributed by atoms with E-state index in [1.54, 1.807) is 75.4 Å². The number of benzene rings is 3. The van der Waals surface area contributed by atoms with Gasteiger partial charge in [-0.05, 0) is 55.7 Å². The van der Waals surface area contributed by atoms with E-state index in [0.717, 1.165) is 16.7 Å². The van der Waals surface area contributed by atoms with Crippen molar-refractivity contribution in [1.82, 2.24) is 0 Å². The first kappa shape index (κ1) is 31.2. The van der Waals surface area contributed by atoms with Crippen LogP contribution in [0.25, 0.3) is 0 Å². The molecule has 0 amide bonds. The fraction of sp³-hybridized carbons (Fsp3) is 0.125. The minimum Gasteiger partial charge on any atom is -0.478 e. The minimum absolute atomic E-state index is 0.377. The fourth-order valence-corrected chi connectivity index (χ4v) is 2.44. The molecule has 0 aliphatic heterocycles. The van der Waals surface area contributed by atoms with Gasteiger partial charge in [-0.15, -0.1) is 0 Å². The van der Waals surface area contributed by atoms with E-state index >= 15 is 0 Å². The fourth-order valence-electron chi connectivity index (χ4n) is 2.44. The standard InChI is InChI=1S/3C8H8O2.H3O4P/c3*1-6-4-2-3-5-7(6)8(9)10;1-5(2,3)4/h3*2-5H,1H3,(H,9,10);(H3,1,2,3,4). The molecule has 0 saturated heterocycles. The molecule has 0 radical (unpaired) electrons. The summed E-state index contributed by atoms with van der Waals surface area (Å²) >= 11 is 0. The number of hydrogen-bond donors (Lipinski definition) is 6. The van der Waals surface area contributed by atoms with Crippen molar-refractivity contribution in [2.45, 2.75) is 20.8 Å². The van der Waals surface area contributed by atoms with Crippen molar-refractivity contribution in [3.05, 3.63) is 106 Å². The Morgan fingerprint density at radius 2 is 0.686 bits per heavy atom. The lowest BCUT2D eigenvalue weighted by molar-refractivity contribution is 0.0685. The minimum atomic E-state index is -4.64. The molecule has 6 N–H and O–H groups in total. The van der Waals surface area contributed by atoms with E-state index in [9.17, 15) is 14.4 Å². The van der Waals surface area contributed by atoms with Gasteiger partial charge in [0, 0.05) is 0 Å². The van der Waals surface area contributed by atoms with Crippen LogP contribution in [0.4, 0.5) is 0 Å². The molecular formula is C24H27O10P. The second-order valence-electron chi connectivity index (χ2n) is 6.87. The average Bonchev–Trinajstić information content (AvgIpc) is 2.74. The van der Waals surface area contributed by atoms with Gasteiger partial charge in [0.1, 0.15) is 0 Å². The lowest BCUT2D eigenvalue weighted by Gasteiger charge is -1.96. The van der Waals surface area contributed by atoms with Gasteiger partial charge in [0.2, 0.25) is 0 Å². The largest absolute Gasteiger partial charge is 0.478 e. The normalized spacial score (nSPS) is 9.66. The summed E-state index contributed by atoms with van der Waals surface area (Å²) in [6, 6.07) is 20.7. The quantitative estimate of drug-likeness (QED) is 0.281. The maximum Gasteiger partial charge on any atom is 0.466 e. The summed E-state index contributed by atoms with van der Waals surface area (Å²) in [6.45, 7) is 5.34. The highest BCUT2D eigenvalue weighted by Gasteiger charge is 2.04. The Bertz CT molecular complexity index is 1040. The van der Waals surface area contributed by atoms with Crippen molar-refractivity contribution in [2.75, 3.05) is 0 Å². The highest BCUT2D eigenvalue weighted by Crippen LogP contribution is 2.25. The summed E-state index contributed by atoms with van der Waals surface area (Å²) in [5.74, 6) is -2.59. The average molecular weight is 506 g/mol. The molecule has 3 aromatic carbocycles. The molecule has 0 aliphatic carbocycles. The molecule has 0 heterocycles. The molecule has 0 aliphatic rings. The molecule has 0 fully saturated rings. The Kier molecular flexibility index (Phi) is 13.5. The van der Waals surface area contributed by atoms with E-state index in [1.165, 1.54) is 0 Å². The van der Waals surface area contributed by atoms with Crippen LogP contribution in [0.15, 0.2) is 72.8 Å². The third-order valence-corrected chi connectivity index (χ3v) is 4.13. The molecule has 10 nitrogen and oxygen atoms in total. The van der Waals surface area contributed by atoms with Crippen LogP contribution in [0.2, 0.25) is 0 Å². The molecule has 11 heteroatoms. The van der Waals surface area contributed by atoms with Gasteiger partial charge < -0.3 is 30.0 Å². The van der Waals surface area contributed by atoms with Crippen LogP contribution in [-0.2, 0) is 4.57 Å². The van der Waals surface area contributed by atoms with Crippen LogP contribution in [0.1, 0.15) is 47.8 Å². The first-order valence-corrected chi connectivity index (χ1v) is 11.4. The lowest BCUT2D eigenvalue weighted by atomic mass is 10.1. The van der Waals surface area contributed by atoms with Gasteiger partial charge in [-0.3, -0.25) is 0 Å². The maximum absolute atomic E-state index is 10.4. The number of aryl methyl sites for hydroxylation is 3. The van der Waals surface area contributed by atoms with E-state index in [2.05, 4.69) is 0 Å². The summed E-state index contributed by atoms with van der Waals surface area (Å²) in [5.41, 5.74) is 3.53. The van der Waals surface area contributed by atoms with Crippen molar-refractivity contribution in [1.29, 1.82) is 0 Å². The summed E-state index contributed by atoms with van der Waals surface area (Å²) in [6.07, 6.45) is 0. The summed E-state index contributed by atoms with van der Waals surface area (Å²) in [4.78, 5) is 52.8. The third-order valence-electron chi connectivity index (χ3n) is 4.13. The maximum atomic E-state index is 10.4. The SMILES string of the molecule is Cc1ccccc1C(=O)O.Cc1ccccc1C(=O)O.Cc1ccccc1C(=O)O.O=P(O)(O)O. The highest BCUT2D eigenvalue weighted by atomic mass is 31.2. The van der Waals surface area contributed by atoms with Crippen molar-refractivity contribution < 1.29 is 48.9 Å². The Morgan fingerprint density at radius 1 is 0.514 bits per heavy atom. The van der Waals surface area contributed by atoms with Crippen molar-refractivity contribution >= 4 is 25.7 Å². The monoisotopic (exact) mass is 506 g/mol. The first-order valence-electron chi connectivity index (χ1n) is 9.80. The van der Waals surface area contributed by atoms with Crippen LogP contribution in [0.5, 0.6) is 0 Å². The van der Waals surface area contributed by atoms with Crippen LogP contribution in [0.3, 0.4) is 0 Å². The number of carboxylic acids is 3. The summed E-state index contributed by atoms with van der Waals surface area (Å²) in [5, 5.41) is 25.7. The van der Waals surface area contributed by atoms with E-state index in [0.29, 0.717) is 16.7 Å². The zero-order chi connectivity index (χ0) is 27.2. The van der Waals surface area contributed by atoms with Gasteiger partial charge in [0.25, 0.3) is 0 Å². The molecule has 0 unspecified atom stereocenters. The van der Waals surface area contributed by atoms with Gasteiger partial charge in [0.05, 0.1) is 16.7 Å². The first-order chi connectivity index (χ1) is 16.1. The number of carbonyl (C=O) groups is 3. The second kappa shape index (κ2) is 15.2. The predicted molar refractivity (Wildman–Crippen MR) is 129 cm³/mol. The number of aromatic carboxylic acids is 3. The van der Waals surface area contributed by atoms with Crippen LogP contribution < -0.4 is 0 Å². The van der Waals surface area contributed by atoms with E-state index in [-0.39, 0.29) is 0 Å². The Hall–Kier alpha value is -3.82. The zero-order valence-electron chi connectivity index (χ0n) is 19.2. The van der Waals surface area contributed by atoms with Crippen molar-refractivity contribution in [2.24, 2.45) is 0 Å². The van der Waals surface area contributed by atoms with Crippen molar-refractivity contribution in [3.8, 4) is 0 Å². The molecule has 0 bridgehead atoms. The number of phosphoric acid groups is 1. The van der Waals surface area contributed by atoms with Crippen LogP contribution >= 0.6 is 7.82 Å². The molecular weight excluding hydrogens is 479 g/mol. The number of rotatable bonds is 3. The molecule has 0 spiro atoms. The summed E-state index contributed by atoms with van der Waals surface area (Å²) in [7, 11) is -4.64. The van der Waals surface area contributed by atoms with Gasteiger partial charge in [0.15, 0.2) is 0 Å². The topological polar surface area (TPSA) is 190 Å². The van der Waals surface area contributed by atoms with Gasteiger partial charge in [-0.1, -0.05) is 54.6 Å². The number of hydrogen-bond acceptors (Lipinski definition) is 4. The molecule has 188 valence electrons. The van der Waals surface area contributed by atoms with E-state index < -0.39 is 25.7 Å². The molecule has 3 aromatic rings. The molecule has 0 saturated carbocycles. The van der Waals surface area contributed by atoms with Crippen LogP contribution in [0, 0.1) is 20.8 Å². The predicted octanol–water partition coefficient (Wildman–Crippen LogP) is 4.15. The Labute approximate surface area is 202 Å². The second-order valence-corrected chi connectivity index (χ2v) is 7.90. The third kappa shape index (κ3) is 14.1. The molecule has 35 heavy (non-hydrogen) atoms. The molecule has 0 aromatic heterocycles. The van der Waals surface area contributed by atoms with E-state index in [1.807, 2.05) is 18.2 Å². The van der Waals surface area contributed by atoms with Crippen LogP contribution in [-0.4, -0.2) is 47.9 Å². The lowest BCUT2D eigenvalue weighted by Crippen LogP contribution is -1.97. The van der Waals surface area contributed by atoms with Gasteiger partial charge in [-0.2, -0.15) is 0 Å². The smallest absolute Gasteiger partial charge is 0.466 e. The van der Waals surface area contributed by atoms with E-state index in [4.69, 9.17) is 34.6 Å². The number of carboxylic acid groups (broad SMARTS) is 3. The summed E-state index contributed by atoms with van der Waals surface area (Å²) < 4.78 is 8.88. The Balaban J connectivity index is 0.000000453. The Morgan fingerprint density at radius 3 is 0.800 bits per heavy atom. The molecule has 0 atom stereocenters. The van der Waals surface area contributed by atoms with Crippen molar-refractivity contribution in [3.63, 3.8) is 0 Å². The molecule has 3 rings (SSSR count). The highest BCUT2D eigenvalue weighted by molar-refractivity contribution is 7.45.